The summed E-state index contributed by atoms with van der Waals surface area (Å²) in [6, 6.07) is 7.15. The molecule has 0 atom stereocenters. The van der Waals surface area contributed by atoms with E-state index < -0.39 is 47.2 Å². The zero-order chi connectivity index (χ0) is 35.6. The second-order valence-electron chi connectivity index (χ2n) is 10.4. The largest absolute Gasteiger partial charge is 0.420 e. The second kappa shape index (κ2) is 21.1. The Morgan fingerprint density at radius 1 is 0.633 bits per heavy atom. The Balaban J connectivity index is 1.07. The summed E-state index contributed by atoms with van der Waals surface area (Å²) in [4.78, 5) is 48.3. The Kier molecular flexibility index (Phi) is 17.0. The van der Waals surface area contributed by atoms with Crippen molar-refractivity contribution in [3.8, 4) is 5.75 Å². The molecule has 1 heterocycles. The molecule has 0 saturated carbocycles. The van der Waals surface area contributed by atoms with Crippen LogP contribution >= 0.6 is 0 Å². The smallest absolute Gasteiger partial charge is 0.313 e. The third-order valence-corrected chi connectivity index (χ3v) is 6.81. The minimum absolute atomic E-state index is 0.0579. The van der Waals surface area contributed by atoms with Gasteiger partial charge >= 0.3 is 5.97 Å². The molecule has 17 heteroatoms. The van der Waals surface area contributed by atoms with Crippen LogP contribution < -0.4 is 10.1 Å². The number of β-lactam (4-membered cyclic amide) rings is 1. The minimum Gasteiger partial charge on any atom is -0.420 e. The number of anilines is 1. The number of rotatable bonds is 23. The van der Waals surface area contributed by atoms with Crippen LogP contribution in [0.2, 0.25) is 0 Å². The standard InChI is InChI=1S/C32H37F5N2O10/c33-27-28(34)30(36)32(31(37)29(27)35)49-26(43)9-12-45-14-16-47-18-20-48-19-17-46-15-13-44-11-8-23(40)38-22-4-1-21(2-5-22)3-6-24(41)39-10-7-25(39)42/h1-2,4-5H,3,6-20H2,(H,38,40). The molecule has 3 amide bonds. The van der Waals surface area contributed by atoms with Gasteiger partial charge in [-0.2, -0.15) is 8.78 Å². The number of amides is 3. The molecule has 0 unspecified atom stereocenters. The van der Waals surface area contributed by atoms with Gasteiger partial charge in [0.05, 0.1) is 78.9 Å². The van der Waals surface area contributed by atoms with Crippen LogP contribution in [0.5, 0.6) is 5.75 Å². The van der Waals surface area contributed by atoms with Gasteiger partial charge in [-0.1, -0.05) is 12.1 Å². The summed E-state index contributed by atoms with van der Waals surface area (Å²) in [6.07, 6.45) is 0.845. The van der Waals surface area contributed by atoms with Crippen LogP contribution in [0.15, 0.2) is 24.3 Å². The molecule has 1 aliphatic rings. The Bertz CT molecular complexity index is 1380. The fraction of sp³-hybridized carbons (Fsp3) is 0.500. The monoisotopic (exact) mass is 704 g/mol. The first-order valence-corrected chi connectivity index (χ1v) is 15.4. The van der Waals surface area contributed by atoms with Crippen LogP contribution in [0.3, 0.4) is 0 Å². The molecule has 0 spiro atoms. The van der Waals surface area contributed by atoms with Gasteiger partial charge in [0.25, 0.3) is 0 Å². The number of hydrogen-bond donors (Lipinski definition) is 1. The molecule has 1 N–H and O–H groups in total. The van der Waals surface area contributed by atoms with Gasteiger partial charge in [-0.05, 0) is 24.1 Å². The van der Waals surface area contributed by atoms with Gasteiger partial charge in [0.15, 0.2) is 0 Å². The van der Waals surface area contributed by atoms with E-state index >= 15 is 0 Å². The first-order chi connectivity index (χ1) is 23.6. The summed E-state index contributed by atoms with van der Waals surface area (Å²) < 4.78 is 97.2. The van der Waals surface area contributed by atoms with E-state index in [0.29, 0.717) is 51.5 Å². The zero-order valence-electron chi connectivity index (χ0n) is 26.5. The lowest BCUT2D eigenvalue weighted by molar-refractivity contribution is -0.152. The lowest BCUT2D eigenvalue weighted by Crippen LogP contribution is -2.47. The zero-order valence-corrected chi connectivity index (χ0v) is 26.5. The maximum atomic E-state index is 13.5. The molecule has 3 rings (SSSR count). The molecule has 1 aliphatic heterocycles. The van der Waals surface area contributed by atoms with Gasteiger partial charge in [-0.15, -0.1) is 0 Å². The molecule has 49 heavy (non-hydrogen) atoms. The third kappa shape index (κ3) is 13.4. The van der Waals surface area contributed by atoms with E-state index in [0.717, 1.165) is 5.56 Å². The molecular weight excluding hydrogens is 667 g/mol. The molecular formula is C32H37F5N2O10. The van der Waals surface area contributed by atoms with E-state index in [1.54, 1.807) is 12.1 Å². The molecule has 0 radical (unpaired) electrons. The first kappa shape index (κ1) is 39.4. The van der Waals surface area contributed by atoms with Crippen LogP contribution in [0, 0.1) is 29.1 Å². The van der Waals surface area contributed by atoms with Crippen LogP contribution in [-0.4, -0.2) is 101 Å². The number of aryl methyl sites for hydroxylation is 1. The van der Waals surface area contributed by atoms with Crippen molar-refractivity contribution in [2.24, 2.45) is 0 Å². The Morgan fingerprint density at radius 2 is 1.10 bits per heavy atom. The summed E-state index contributed by atoms with van der Waals surface area (Å²) in [5.41, 5.74) is 1.55. The van der Waals surface area contributed by atoms with Crippen molar-refractivity contribution < 1.29 is 69.6 Å². The molecule has 2 aromatic carbocycles. The lowest BCUT2D eigenvalue weighted by Gasteiger charge is -2.28. The molecule has 2 aromatic rings. The molecule has 12 nitrogen and oxygen atoms in total. The minimum atomic E-state index is -2.36. The van der Waals surface area contributed by atoms with E-state index in [9.17, 15) is 41.1 Å². The van der Waals surface area contributed by atoms with Gasteiger partial charge < -0.3 is 33.7 Å². The first-order valence-electron chi connectivity index (χ1n) is 15.4. The fourth-order valence-corrected chi connectivity index (χ4v) is 4.08. The number of nitrogens with zero attached hydrogens (tertiary/aromatic N) is 1. The van der Waals surface area contributed by atoms with Crippen molar-refractivity contribution in [1.82, 2.24) is 4.90 Å². The maximum Gasteiger partial charge on any atom is 0.313 e. The number of likely N-dealkylation sites (tertiary alicyclic amines) is 1. The summed E-state index contributed by atoms with van der Waals surface area (Å²) >= 11 is 0. The average Bonchev–Trinajstić information content (AvgIpc) is 3.08. The average molecular weight is 705 g/mol. The topological polar surface area (TPSA) is 139 Å². The van der Waals surface area contributed by atoms with Crippen molar-refractivity contribution in [3.05, 3.63) is 58.9 Å². The normalized spacial score (nSPS) is 12.6. The van der Waals surface area contributed by atoms with Gasteiger partial charge in [-0.3, -0.25) is 24.1 Å². The highest BCUT2D eigenvalue weighted by Crippen LogP contribution is 2.29. The SMILES string of the molecule is O=C(CCOCCOCCOCCOCCOCCC(=O)Oc1c(F)c(F)c(F)c(F)c1F)Nc1ccc(CCC(=O)N2CCC2=O)cc1. The Morgan fingerprint density at radius 3 is 1.57 bits per heavy atom. The molecule has 0 aromatic heterocycles. The maximum absolute atomic E-state index is 13.5. The quantitative estimate of drug-likeness (QED) is 0.0348. The van der Waals surface area contributed by atoms with E-state index in [2.05, 4.69) is 10.1 Å². The Labute approximate surface area is 278 Å². The summed E-state index contributed by atoms with van der Waals surface area (Å²) in [5, 5.41) is 2.78. The van der Waals surface area contributed by atoms with E-state index in [4.69, 9.17) is 23.7 Å². The van der Waals surface area contributed by atoms with Crippen molar-refractivity contribution in [2.75, 3.05) is 77.9 Å². The number of halogens is 5. The summed E-state index contributed by atoms with van der Waals surface area (Å²) in [5.74, 6) is -14.7. The summed E-state index contributed by atoms with van der Waals surface area (Å²) in [7, 11) is 0. The molecule has 0 bridgehead atoms. The highest BCUT2D eigenvalue weighted by atomic mass is 19.2. The van der Waals surface area contributed by atoms with Crippen LogP contribution in [-0.2, 0) is 49.3 Å². The second-order valence-corrected chi connectivity index (χ2v) is 10.4. The van der Waals surface area contributed by atoms with Crippen LogP contribution in [0.25, 0.3) is 0 Å². The highest BCUT2D eigenvalue weighted by molar-refractivity contribution is 5.99. The number of benzene rings is 2. The Hall–Kier alpha value is -4.03. The molecule has 270 valence electrons. The number of imide groups is 1. The highest BCUT2D eigenvalue weighted by Gasteiger charge is 2.29. The number of carbonyl (C=O) groups excluding carboxylic acids is 4. The predicted octanol–water partition coefficient (Wildman–Crippen LogP) is 3.48. The van der Waals surface area contributed by atoms with Crippen molar-refractivity contribution in [3.63, 3.8) is 0 Å². The van der Waals surface area contributed by atoms with Crippen LogP contribution in [0.4, 0.5) is 27.6 Å². The van der Waals surface area contributed by atoms with Crippen molar-refractivity contribution >= 4 is 29.4 Å². The van der Waals surface area contributed by atoms with Gasteiger partial charge in [0, 0.05) is 25.1 Å². The molecule has 1 fully saturated rings. The van der Waals surface area contributed by atoms with Crippen LogP contribution in [0.1, 0.15) is 31.2 Å². The van der Waals surface area contributed by atoms with Crippen molar-refractivity contribution in [2.45, 2.75) is 32.1 Å². The van der Waals surface area contributed by atoms with E-state index in [1.807, 2.05) is 12.1 Å². The van der Waals surface area contributed by atoms with E-state index in [1.165, 1.54) is 4.90 Å². The third-order valence-electron chi connectivity index (χ3n) is 6.81. The number of ether oxygens (including phenoxy) is 6. The van der Waals surface area contributed by atoms with Gasteiger partial charge in [0.2, 0.25) is 52.6 Å². The fourth-order valence-electron chi connectivity index (χ4n) is 4.08. The van der Waals surface area contributed by atoms with E-state index in [-0.39, 0.29) is 70.2 Å². The molecule has 0 aliphatic carbocycles. The predicted molar refractivity (Wildman–Crippen MR) is 160 cm³/mol. The molecule has 1 saturated heterocycles. The lowest BCUT2D eigenvalue weighted by atomic mass is 10.1. The van der Waals surface area contributed by atoms with Crippen molar-refractivity contribution in [1.29, 1.82) is 0 Å². The summed E-state index contributed by atoms with van der Waals surface area (Å²) in [6.45, 7) is 2.39. The number of nitrogens with one attached hydrogen (secondary N) is 1. The number of esters is 1. The number of carbonyl (C=O) groups is 4. The van der Waals surface area contributed by atoms with Gasteiger partial charge in [-0.25, -0.2) is 13.2 Å². The number of hydrogen-bond acceptors (Lipinski definition) is 10. The van der Waals surface area contributed by atoms with Gasteiger partial charge in [0.1, 0.15) is 0 Å².